The lowest BCUT2D eigenvalue weighted by atomic mass is 10.1. The molecule has 9 heteroatoms. The van der Waals surface area contributed by atoms with E-state index >= 15 is 0 Å². The van der Waals surface area contributed by atoms with Gasteiger partial charge in [-0.15, -0.1) is 0 Å². The van der Waals surface area contributed by atoms with Crippen molar-refractivity contribution in [2.45, 2.75) is 206 Å². The zero-order chi connectivity index (χ0) is 48.3. The standard InChI is InChI=1S/C57H100NO7P/c1-6-8-10-12-14-16-18-20-22-24-26-27-28-29-30-31-32-33-35-37-39-41-43-45-47-49-52-62-54-56(55-64-66(60,61)63-53-51-58(3,4)5)65-57(59)50-48-46-44-42-40-38-36-34-25-23-21-19-17-15-13-11-9-7-2/h8,10,14,16-17,19-20,22-23,25-27,29-30,32-33,56H,6-7,9,11-13,15,18,21,24,28,31,34-55H2,1-5H3/p+1/b10-8-,16-14-,19-17-,22-20-,25-23-,27-26-,30-29-,33-32-. The first-order chi connectivity index (χ1) is 32.1. The van der Waals surface area contributed by atoms with Crippen molar-refractivity contribution in [1.29, 1.82) is 0 Å². The van der Waals surface area contributed by atoms with E-state index in [1.165, 1.54) is 83.5 Å². The summed E-state index contributed by atoms with van der Waals surface area (Å²) in [4.78, 5) is 23.0. The number of ether oxygens (including phenoxy) is 2. The molecule has 0 saturated carbocycles. The number of hydrogen-bond donors (Lipinski definition) is 1. The minimum atomic E-state index is -4.29. The maximum Gasteiger partial charge on any atom is 0.472 e. The van der Waals surface area contributed by atoms with Gasteiger partial charge in [-0.1, -0.05) is 195 Å². The monoisotopic (exact) mass is 943 g/mol. The summed E-state index contributed by atoms with van der Waals surface area (Å²) < 4.78 is 35.2. The van der Waals surface area contributed by atoms with Gasteiger partial charge in [0.25, 0.3) is 0 Å². The number of rotatable bonds is 48. The van der Waals surface area contributed by atoms with E-state index in [0.717, 1.165) is 96.3 Å². The van der Waals surface area contributed by atoms with Crippen LogP contribution in [-0.4, -0.2) is 75.6 Å². The Kier molecular flexibility index (Phi) is 47.0. The highest BCUT2D eigenvalue weighted by atomic mass is 31.2. The van der Waals surface area contributed by atoms with Crippen molar-refractivity contribution < 1.29 is 37.3 Å². The van der Waals surface area contributed by atoms with Crippen molar-refractivity contribution in [3.63, 3.8) is 0 Å². The molecule has 0 aromatic carbocycles. The molecule has 0 aliphatic heterocycles. The van der Waals surface area contributed by atoms with E-state index in [1.807, 2.05) is 21.1 Å². The summed E-state index contributed by atoms with van der Waals surface area (Å²) in [6.07, 6.45) is 67.4. The van der Waals surface area contributed by atoms with Gasteiger partial charge in [0.2, 0.25) is 0 Å². The van der Waals surface area contributed by atoms with E-state index in [1.54, 1.807) is 0 Å². The second-order valence-electron chi connectivity index (χ2n) is 18.5. The highest BCUT2D eigenvalue weighted by Crippen LogP contribution is 2.43. The van der Waals surface area contributed by atoms with Gasteiger partial charge in [0.1, 0.15) is 19.3 Å². The summed E-state index contributed by atoms with van der Waals surface area (Å²) in [5.74, 6) is -0.329. The number of phosphoric ester groups is 1. The van der Waals surface area contributed by atoms with Gasteiger partial charge in [0.15, 0.2) is 0 Å². The predicted molar refractivity (Wildman–Crippen MR) is 284 cm³/mol. The lowest BCUT2D eigenvalue weighted by Gasteiger charge is -2.24. The Bertz CT molecular complexity index is 1370. The average molecular weight is 943 g/mol. The van der Waals surface area contributed by atoms with Gasteiger partial charge in [0, 0.05) is 13.0 Å². The van der Waals surface area contributed by atoms with Crippen LogP contribution in [0.1, 0.15) is 200 Å². The van der Waals surface area contributed by atoms with Crippen molar-refractivity contribution in [1.82, 2.24) is 0 Å². The molecule has 0 aromatic rings. The molecule has 1 N–H and O–H groups in total. The van der Waals surface area contributed by atoms with E-state index in [2.05, 4.69) is 111 Å². The third kappa shape index (κ3) is 52.4. The van der Waals surface area contributed by atoms with Gasteiger partial charge < -0.3 is 18.9 Å². The van der Waals surface area contributed by atoms with E-state index < -0.39 is 13.9 Å². The third-order valence-corrected chi connectivity index (χ3v) is 11.9. The highest BCUT2D eigenvalue weighted by molar-refractivity contribution is 7.47. The number of likely N-dealkylation sites (N-methyl/N-ethyl adjacent to an activating group) is 1. The number of phosphoric acid groups is 1. The number of hydrogen-bond acceptors (Lipinski definition) is 6. The van der Waals surface area contributed by atoms with Crippen LogP contribution in [0.2, 0.25) is 0 Å². The molecule has 0 spiro atoms. The van der Waals surface area contributed by atoms with Crippen molar-refractivity contribution in [2.24, 2.45) is 0 Å². The van der Waals surface area contributed by atoms with Crippen LogP contribution in [0.15, 0.2) is 97.2 Å². The molecule has 380 valence electrons. The van der Waals surface area contributed by atoms with Gasteiger partial charge >= 0.3 is 13.8 Å². The van der Waals surface area contributed by atoms with Crippen molar-refractivity contribution in [3.8, 4) is 0 Å². The van der Waals surface area contributed by atoms with Gasteiger partial charge in [-0.05, 0) is 96.3 Å². The van der Waals surface area contributed by atoms with E-state index in [0.29, 0.717) is 24.1 Å². The van der Waals surface area contributed by atoms with Crippen LogP contribution >= 0.6 is 7.82 Å². The second-order valence-corrected chi connectivity index (χ2v) is 20.0. The Balaban J connectivity index is 4.19. The summed E-state index contributed by atoms with van der Waals surface area (Å²) in [5.41, 5.74) is 0. The summed E-state index contributed by atoms with van der Waals surface area (Å²) in [6.45, 7) is 5.44. The Morgan fingerprint density at radius 2 is 0.879 bits per heavy atom. The predicted octanol–water partition coefficient (Wildman–Crippen LogP) is 16.6. The van der Waals surface area contributed by atoms with Gasteiger partial charge in [-0.3, -0.25) is 13.8 Å². The lowest BCUT2D eigenvalue weighted by Crippen LogP contribution is -2.37. The van der Waals surface area contributed by atoms with Gasteiger partial charge in [0.05, 0.1) is 34.4 Å². The molecule has 0 aromatic heterocycles. The lowest BCUT2D eigenvalue weighted by molar-refractivity contribution is -0.870. The molecule has 0 rings (SSSR count). The Hall–Kier alpha value is -2.58. The number of unbranched alkanes of at least 4 members (excludes halogenated alkanes) is 18. The molecule has 0 amide bonds. The Morgan fingerprint density at radius 1 is 0.485 bits per heavy atom. The first kappa shape index (κ1) is 63.4. The fourth-order valence-corrected chi connectivity index (χ4v) is 7.56. The minimum absolute atomic E-state index is 0.0793. The van der Waals surface area contributed by atoms with Crippen LogP contribution in [0.4, 0.5) is 0 Å². The molecule has 0 heterocycles. The molecule has 0 saturated heterocycles. The summed E-state index contributed by atoms with van der Waals surface area (Å²) in [7, 11) is 1.64. The number of carbonyl (C=O) groups excluding carboxylic acids is 1. The molecule has 66 heavy (non-hydrogen) atoms. The number of carbonyl (C=O) groups is 1. The van der Waals surface area contributed by atoms with Gasteiger partial charge in [-0.25, -0.2) is 4.57 Å². The van der Waals surface area contributed by atoms with E-state index in [4.69, 9.17) is 18.5 Å². The summed E-state index contributed by atoms with van der Waals surface area (Å²) in [6, 6.07) is 0. The SMILES string of the molecule is CC/C=C\C/C=C\C/C=C\C/C=C\C/C=C\C/C=C\CCCCCCCCCOCC(COP(=O)(O)OCC[N+](C)(C)C)OC(=O)CCCCCCCCC/C=C\C/C=C\CCCCCC. The number of esters is 1. The molecule has 2 unspecified atom stereocenters. The van der Waals surface area contributed by atoms with Crippen LogP contribution in [0, 0.1) is 0 Å². The zero-order valence-corrected chi connectivity index (χ0v) is 44.0. The number of allylic oxidation sites excluding steroid dienone is 16. The molecule has 0 fully saturated rings. The van der Waals surface area contributed by atoms with Crippen molar-refractivity contribution >= 4 is 13.8 Å². The quantitative estimate of drug-likeness (QED) is 0.0214. The topological polar surface area (TPSA) is 91.3 Å². The Labute approximate surface area is 407 Å². The first-order valence-electron chi connectivity index (χ1n) is 26.5. The molecule has 0 bridgehead atoms. The zero-order valence-electron chi connectivity index (χ0n) is 43.1. The van der Waals surface area contributed by atoms with E-state index in [9.17, 15) is 14.3 Å². The van der Waals surface area contributed by atoms with Crippen LogP contribution in [0.3, 0.4) is 0 Å². The molecule has 0 aliphatic rings. The smallest absolute Gasteiger partial charge is 0.457 e. The molecule has 2 atom stereocenters. The summed E-state index contributed by atoms with van der Waals surface area (Å²) in [5, 5.41) is 0. The first-order valence-corrected chi connectivity index (χ1v) is 28.0. The largest absolute Gasteiger partial charge is 0.472 e. The highest BCUT2D eigenvalue weighted by Gasteiger charge is 2.26. The summed E-state index contributed by atoms with van der Waals surface area (Å²) >= 11 is 0. The fraction of sp³-hybridized carbons (Fsp3) is 0.702. The van der Waals surface area contributed by atoms with Gasteiger partial charge in [-0.2, -0.15) is 0 Å². The normalized spacial score (nSPS) is 14.3. The number of nitrogens with zero attached hydrogens (tertiary/aromatic N) is 1. The molecule has 8 nitrogen and oxygen atoms in total. The maximum atomic E-state index is 12.8. The van der Waals surface area contributed by atoms with E-state index in [-0.39, 0.29) is 25.8 Å². The van der Waals surface area contributed by atoms with Crippen molar-refractivity contribution in [3.05, 3.63) is 97.2 Å². The Morgan fingerprint density at radius 3 is 1.32 bits per heavy atom. The van der Waals surface area contributed by atoms with Crippen LogP contribution in [0.5, 0.6) is 0 Å². The molecule has 0 aliphatic carbocycles. The third-order valence-electron chi connectivity index (χ3n) is 10.9. The van der Waals surface area contributed by atoms with Crippen molar-refractivity contribution in [2.75, 3.05) is 54.1 Å². The maximum absolute atomic E-state index is 12.8. The molecular weight excluding hydrogens is 842 g/mol. The van der Waals surface area contributed by atoms with Crippen LogP contribution in [0.25, 0.3) is 0 Å². The van der Waals surface area contributed by atoms with Crippen LogP contribution < -0.4 is 0 Å². The number of quaternary nitrogens is 1. The molecule has 0 radical (unpaired) electrons. The van der Waals surface area contributed by atoms with Crippen LogP contribution in [-0.2, 0) is 27.9 Å². The molecular formula is C57H101NO7P+. The fourth-order valence-electron chi connectivity index (χ4n) is 6.82. The minimum Gasteiger partial charge on any atom is -0.457 e. The second kappa shape index (κ2) is 48.9. The average Bonchev–Trinajstić information content (AvgIpc) is 3.28.